The molecule has 4 aromatic rings. The molecule has 0 saturated carbocycles. The van der Waals surface area contributed by atoms with Crippen molar-refractivity contribution in [2.75, 3.05) is 11.3 Å². The average Bonchev–Trinajstić information content (AvgIpc) is 2.92. The highest BCUT2D eigenvalue weighted by atomic mass is 32.2. The minimum absolute atomic E-state index is 0.0153. The van der Waals surface area contributed by atoms with E-state index < -0.39 is 27.9 Å². The third kappa shape index (κ3) is 6.99. The van der Waals surface area contributed by atoms with E-state index in [1.807, 2.05) is 32.0 Å². The first kappa shape index (κ1) is 30.1. The number of anilines is 1. The molecule has 0 radical (unpaired) electrons. The number of fused-ring (bicyclic) bond motifs is 4. The first-order valence-electron chi connectivity index (χ1n) is 13.9. The molecule has 1 aliphatic heterocycles. The maximum absolute atomic E-state index is 14.1. The van der Waals surface area contributed by atoms with Gasteiger partial charge in [0.25, 0.3) is 15.9 Å². The molecule has 0 unspecified atom stereocenters. The molecule has 0 fully saturated rings. The summed E-state index contributed by atoms with van der Waals surface area (Å²) in [6.45, 7) is 10.1. The molecular formula is C32H34FN5O4S. The van der Waals surface area contributed by atoms with Gasteiger partial charge in [0.15, 0.2) is 0 Å². The number of hydrogen-bond donors (Lipinski definition) is 1. The van der Waals surface area contributed by atoms with Crippen LogP contribution in [0.4, 0.5) is 10.3 Å². The Morgan fingerprint density at radius 2 is 1.67 bits per heavy atom. The van der Waals surface area contributed by atoms with E-state index in [-0.39, 0.29) is 40.9 Å². The summed E-state index contributed by atoms with van der Waals surface area (Å²) >= 11 is 0. The first-order valence-corrected chi connectivity index (χ1v) is 15.4. The highest BCUT2D eigenvalue weighted by Crippen LogP contribution is 2.31. The minimum atomic E-state index is -4.19. The summed E-state index contributed by atoms with van der Waals surface area (Å²) in [5.74, 6) is -1.11. The maximum Gasteiger partial charge on any atom is 0.264 e. The van der Waals surface area contributed by atoms with Crippen molar-refractivity contribution < 1.29 is 22.3 Å². The number of halogens is 1. The molecule has 2 aromatic heterocycles. The summed E-state index contributed by atoms with van der Waals surface area (Å²) in [6.07, 6.45) is 0.520. The number of nitrogens with zero attached hydrogens (tertiary/aromatic N) is 4. The summed E-state index contributed by atoms with van der Waals surface area (Å²) in [4.78, 5) is 28.5. The van der Waals surface area contributed by atoms with E-state index in [0.717, 1.165) is 16.7 Å². The number of aryl methyl sites for hydroxylation is 2. The van der Waals surface area contributed by atoms with Gasteiger partial charge in [0.2, 0.25) is 17.8 Å². The summed E-state index contributed by atoms with van der Waals surface area (Å²) in [7, 11) is -4.19. The van der Waals surface area contributed by atoms with Crippen molar-refractivity contribution in [1.82, 2.24) is 19.9 Å². The molecule has 0 saturated heterocycles. The number of pyridine rings is 1. The van der Waals surface area contributed by atoms with Crippen molar-refractivity contribution in [1.29, 1.82) is 0 Å². The molecule has 3 heterocycles. The zero-order valence-corrected chi connectivity index (χ0v) is 25.6. The van der Waals surface area contributed by atoms with Crippen LogP contribution in [0.1, 0.15) is 54.4 Å². The van der Waals surface area contributed by atoms with E-state index in [4.69, 9.17) is 4.74 Å². The second-order valence-electron chi connectivity index (χ2n) is 11.9. The molecule has 224 valence electrons. The normalized spacial score (nSPS) is 16.7. The molecular weight excluding hydrogens is 569 g/mol. The fraction of sp³-hybridized carbons (Fsp3) is 0.312. The topological polar surface area (TPSA) is 114 Å². The Hall–Kier alpha value is -4.38. The van der Waals surface area contributed by atoms with Crippen LogP contribution in [0.15, 0.2) is 71.6 Å². The Kier molecular flexibility index (Phi) is 8.20. The van der Waals surface area contributed by atoms with Gasteiger partial charge in [-0.15, -0.1) is 0 Å². The summed E-state index contributed by atoms with van der Waals surface area (Å²) in [5.41, 5.74) is 3.50. The number of nitrogens with one attached hydrogen (secondary N) is 1. The smallest absolute Gasteiger partial charge is 0.264 e. The van der Waals surface area contributed by atoms with E-state index in [0.29, 0.717) is 17.8 Å². The van der Waals surface area contributed by atoms with Gasteiger partial charge in [0, 0.05) is 17.2 Å². The molecule has 1 aliphatic rings. The van der Waals surface area contributed by atoms with E-state index in [9.17, 15) is 17.6 Å². The molecule has 43 heavy (non-hydrogen) atoms. The largest absolute Gasteiger partial charge is 0.475 e. The lowest BCUT2D eigenvalue weighted by atomic mass is 9.87. The third-order valence-corrected chi connectivity index (χ3v) is 8.46. The molecule has 9 nitrogen and oxygen atoms in total. The predicted octanol–water partition coefficient (Wildman–Crippen LogP) is 5.93. The Morgan fingerprint density at radius 3 is 2.37 bits per heavy atom. The lowest BCUT2D eigenvalue weighted by Crippen LogP contribution is -2.45. The van der Waals surface area contributed by atoms with Gasteiger partial charge >= 0.3 is 0 Å². The van der Waals surface area contributed by atoms with Crippen LogP contribution < -0.4 is 9.46 Å². The fourth-order valence-electron chi connectivity index (χ4n) is 5.26. The van der Waals surface area contributed by atoms with Crippen molar-refractivity contribution in [3.63, 3.8) is 0 Å². The molecule has 4 bridgehead atoms. The van der Waals surface area contributed by atoms with Crippen LogP contribution in [-0.4, -0.2) is 46.8 Å². The number of benzene rings is 2. The van der Waals surface area contributed by atoms with Gasteiger partial charge in [-0.3, -0.25) is 4.79 Å². The fourth-order valence-corrected chi connectivity index (χ4v) is 6.25. The number of carbonyl (C=O) groups excluding carboxylic acids is 1. The highest BCUT2D eigenvalue weighted by Gasteiger charge is 2.32. The van der Waals surface area contributed by atoms with Gasteiger partial charge in [-0.2, -0.15) is 9.37 Å². The number of carbonyl (C=O) groups is 1. The summed E-state index contributed by atoms with van der Waals surface area (Å²) in [5, 5.41) is 0. The molecule has 11 heteroatoms. The van der Waals surface area contributed by atoms with E-state index in [2.05, 4.69) is 40.4 Å². The van der Waals surface area contributed by atoms with E-state index in [1.54, 1.807) is 23.1 Å². The zero-order chi connectivity index (χ0) is 30.9. The molecule has 0 aliphatic carbocycles. The van der Waals surface area contributed by atoms with Crippen LogP contribution in [0.2, 0.25) is 0 Å². The SMILES string of the molecule is Cc1cccc(C)c1-c1cc2nc(n1)NS(=O)(=O)c1cccc(c1)C(=O)N(Cc1cccc(F)n1)[C@H](CC(C)(C)C)CO2. The van der Waals surface area contributed by atoms with E-state index >= 15 is 0 Å². The summed E-state index contributed by atoms with van der Waals surface area (Å²) in [6, 6.07) is 17.2. The van der Waals surface area contributed by atoms with Crippen LogP contribution in [0.3, 0.4) is 0 Å². The van der Waals surface area contributed by atoms with Gasteiger partial charge in [-0.05, 0) is 67.1 Å². The quantitative estimate of drug-likeness (QED) is 0.287. The predicted molar refractivity (Wildman–Crippen MR) is 162 cm³/mol. The van der Waals surface area contributed by atoms with Crippen molar-refractivity contribution >= 4 is 21.9 Å². The second kappa shape index (κ2) is 11.7. The van der Waals surface area contributed by atoms with Crippen molar-refractivity contribution in [2.45, 2.75) is 58.5 Å². The van der Waals surface area contributed by atoms with Crippen LogP contribution in [0.25, 0.3) is 11.3 Å². The lowest BCUT2D eigenvalue weighted by molar-refractivity contribution is 0.0508. The van der Waals surface area contributed by atoms with E-state index in [1.165, 1.54) is 30.3 Å². The maximum atomic E-state index is 14.1. The molecule has 5 rings (SSSR count). The zero-order valence-electron chi connectivity index (χ0n) is 24.8. The number of rotatable bonds is 4. The lowest BCUT2D eigenvalue weighted by Gasteiger charge is -2.35. The Balaban J connectivity index is 1.68. The minimum Gasteiger partial charge on any atom is -0.475 e. The molecule has 1 amide bonds. The Labute approximate surface area is 251 Å². The third-order valence-electron chi connectivity index (χ3n) is 7.14. The van der Waals surface area contributed by atoms with Crippen molar-refractivity contribution in [3.8, 4) is 17.1 Å². The monoisotopic (exact) mass is 603 g/mol. The van der Waals surface area contributed by atoms with Crippen LogP contribution >= 0.6 is 0 Å². The van der Waals surface area contributed by atoms with Gasteiger partial charge in [0.1, 0.15) is 6.61 Å². The number of ether oxygens (including phenoxy) is 1. The standard InChI is InChI=1S/C32H34FN5O4S/c1-20-9-6-10-21(2)29(20)26-16-28-36-31(35-26)37-43(40,41)25-13-7-11-22(15-25)30(39)38(18-23-12-8-14-27(33)34-23)24(19-42-28)17-32(3,4)5/h6-16,24H,17-19H2,1-5H3,(H,35,36,37)/t24-/m1/s1. The van der Waals surface area contributed by atoms with Gasteiger partial charge < -0.3 is 9.64 Å². The number of aromatic nitrogens is 3. The number of amides is 1. The number of sulfonamides is 1. The second-order valence-corrected chi connectivity index (χ2v) is 13.6. The highest BCUT2D eigenvalue weighted by molar-refractivity contribution is 7.92. The summed E-state index contributed by atoms with van der Waals surface area (Å²) < 4.78 is 49.8. The van der Waals surface area contributed by atoms with Gasteiger partial charge in [0.05, 0.1) is 28.9 Å². The molecule has 2 aromatic carbocycles. The van der Waals surface area contributed by atoms with Crippen LogP contribution in [0, 0.1) is 25.2 Å². The van der Waals surface area contributed by atoms with Gasteiger partial charge in [-0.1, -0.05) is 51.1 Å². The Morgan fingerprint density at radius 1 is 0.977 bits per heavy atom. The van der Waals surface area contributed by atoms with Crippen molar-refractivity contribution in [2.24, 2.45) is 5.41 Å². The molecule has 0 spiro atoms. The molecule has 1 atom stereocenters. The Bertz CT molecular complexity index is 1770. The average molecular weight is 604 g/mol. The number of hydrogen-bond acceptors (Lipinski definition) is 7. The first-order chi connectivity index (χ1) is 20.3. The van der Waals surface area contributed by atoms with Crippen LogP contribution in [0.5, 0.6) is 5.88 Å². The van der Waals surface area contributed by atoms with Crippen molar-refractivity contribution in [3.05, 3.63) is 95.1 Å². The molecule has 1 N–H and O–H groups in total. The van der Waals surface area contributed by atoms with Crippen LogP contribution in [-0.2, 0) is 16.6 Å². The van der Waals surface area contributed by atoms with Gasteiger partial charge in [-0.25, -0.2) is 23.1 Å².